The molecule has 0 atom stereocenters. The van der Waals surface area contributed by atoms with E-state index in [1.807, 2.05) is 19.2 Å². The number of anilines is 2. The number of fused-ring (bicyclic) bond motifs is 3. The highest BCUT2D eigenvalue weighted by molar-refractivity contribution is 7.19. The standard InChI is InChI=1S/C23H20ClFN6OS.C2H4O/c1-26-23-29-17-6-5-15-20(13-3-2-10-27-12-13)30-31(21(15)22(17)33-23)18-7-4-14(11-16(18)25)28-19(32)8-9-24;1-2-3/h2-4,7,10-12H,5-6,8-9H2,1H3,(H,26,29)(H,28,32);2H,1H3. The minimum Gasteiger partial charge on any atom is -0.365 e. The minimum atomic E-state index is -0.493. The Hall–Kier alpha value is -3.63. The molecule has 1 aromatic carbocycles. The minimum absolute atomic E-state index is 0.161. The van der Waals surface area contributed by atoms with Crippen LogP contribution in [0.3, 0.4) is 0 Å². The Balaban J connectivity index is 0.000000967. The number of aldehydes is 1. The van der Waals surface area contributed by atoms with Gasteiger partial charge in [0.05, 0.1) is 22.0 Å². The molecule has 8 nitrogen and oxygen atoms in total. The number of nitrogens with one attached hydrogen (secondary N) is 2. The van der Waals surface area contributed by atoms with Crippen LogP contribution < -0.4 is 10.6 Å². The largest absolute Gasteiger partial charge is 0.365 e. The average Bonchev–Trinajstić information content (AvgIpc) is 3.47. The Morgan fingerprint density at radius 2 is 2.11 bits per heavy atom. The fourth-order valence-corrected chi connectivity index (χ4v) is 5.15. The van der Waals surface area contributed by atoms with Gasteiger partial charge in [0.25, 0.3) is 0 Å². The van der Waals surface area contributed by atoms with Crippen LogP contribution in [0.5, 0.6) is 0 Å². The lowest BCUT2D eigenvalue weighted by Gasteiger charge is -2.15. The summed E-state index contributed by atoms with van der Waals surface area (Å²) in [4.78, 5) is 30.5. The lowest BCUT2D eigenvalue weighted by atomic mass is 9.95. The van der Waals surface area contributed by atoms with Crippen LogP contribution in [0, 0.1) is 5.82 Å². The molecule has 186 valence electrons. The summed E-state index contributed by atoms with van der Waals surface area (Å²) < 4.78 is 17.0. The maximum Gasteiger partial charge on any atom is 0.225 e. The molecule has 11 heteroatoms. The van der Waals surface area contributed by atoms with Gasteiger partial charge in [0, 0.05) is 48.6 Å². The van der Waals surface area contributed by atoms with Gasteiger partial charge in [-0.1, -0.05) is 11.3 Å². The van der Waals surface area contributed by atoms with E-state index in [0.29, 0.717) is 11.4 Å². The SMILES string of the molecule is CC=O.CNc1nc2c(s1)-c1c(c(-c3cccnc3)nn1-c1ccc(NC(=O)CCCl)cc1F)CC2. The van der Waals surface area contributed by atoms with E-state index >= 15 is 4.39 Å². The van der Waals surface area contributed by atoms with Crippen molar-refractivity contribution in [2.24, 2.45) is 0 Å². The number of hydrogen-bond donors (Lipinski definition) is 2. The topological polar surface area (TPSA) is 102 Å². The molecule has 0 saturated carbocycles. The summed E-state index contributed by atoms with van der Waals surface area (Å²) in [6, 6.07) is 8.40. The first-order valence-corrected chi connectivity index (χ1v) is 12.6. The highest BCUT2D eigenvalue weighted by Crippen LogP contribution is 2.44. The molecule has 0 bridgehead atoms. The number of nitrogens with zero attached hydrogens (tertiary/aromatic N) is 4. The van der Waals surface area contributed by atoms with Crippen molar-refractivity contribution in [2.75, 3.05) is 23.6 Å². The van der Waals surface area contributed by atoms with E-state index in [1.54, 1.807) is 29.2 Å². The summed E-state index contributed by atoms with van der Waals surface area (Å²) in [5, 5.41) is 11.4. The van der Waals surface area contributed by atoms with Crippen LogP contribution in [-0.2, 0) is 22.4 Å². The fraction of sp³-hybridized carbons (Fsp3) is 0.240. The maximum absolute atomic E-state index is 15.3. The van der Waals surface area contributed by atoms with Crippen LogP contribution in [0.4, 0.5) is 15.2 Å². The summed E-state index contributed by atoms with van der Waals surface area (Å²) in [5.41, 5.74) is 5.18. The number of carbonyl (C=O) groups is 2. The van der Waals surface area contributed by atoms with E-state index in [0.717, 1.165) is 57.3 Å². The van der Waals surface area contributed by atoms with Crippen molar-refractivity contribution in [3.05, 3.63) is 59.8 Å². The summed E-state index contributed by atoms with van der Waals surface area (Å²) in [5.74, 6) is -0.553. The first-order valence-electron chi connectivity index (χ1n) is 11.3. The molecule has 0 radical (unpaired) electrons. The number of amides is 1. The number of benzene rings is 1. The van der Waals surface area contributed by atoms with Crippen molar-refractivity contribution in [3.8, 4) is 27.5 Å². The second kappa shape index (κ2) is 11.4. The molecule has 3 heterocycles. The van der Waals surface area contributed by atoms with Gasteiger partial charge in [-0.05, 0) is 50.1 Å². The van der Waals surface area contributed by atoms with Crippen LogP contribution in [0.15, 0.2) is 42.7 Å². The van der Waals surface area contributed by atoms with Crippen molar-refractivity contribution < 1.29 is 14.0 Å². The third kappa shape index (κ3) is 5.14. The Morgan fingerprint density at radius 3 is 2.78 bits per heavy atom. The van der Waals surface area contributed by atoms with Crippen molar-refractivity contribution >= 4 is 46.0 Å². The molecule has 0 aliphatic heterocycles. The molecule has 3 aromatic heterocycles. The van der Waals surface area contributed by atoms with Gasteiger partial charge in [-0.2, -0.15) is 5.10 Å². The summed E-state index contributed by atoms with van der Waals surface area (Å²) in [7, 11) is 1.83. The summed E-state index contributed by atoms with van der Waals surface area (Å²) >= 11 is 7.14. The van der Waals surface area contributed by atoms with Crippen molar-refractivity contribution in [2.45, 2.75) is 26.2 Å². The third-order valence-corrected chi connectivity index (χ3v) is 6.75. The van der Waals surface area contributed by atoms with Crippen molar-refractivity contribution in [1.29, 1.82) is 0 Å². The van der Waals surface area contributed by atoms with Crippen LogP contribution >= 0.6 is 22.9 Å². The zero-order valence-corrected chi connectivity index (χ0v) is 21.3. The Labute approximate surface area is 216 Å². The third-order valence-electron chi connectivity index (χ3n) is 5.44. The molecule has 0 saturated heterocycles. The number of alkyl halides is 1. The second-order valence-corrected chi connectivity index (χ2v) is 9.14. The van der Waals surface area contributed by atoms with Gasteiger partial charge in [0.15, 0.2) is 10.9 Å². The number of carbonyl (C=O) groups excluding carboxylic acids is 2. The Kier molecular flexibility index (Phi) is 8.07. The summed E-state index contributed by atoms with van der Waals surface area (Å²) in [6.07, 6.45) is 5.92. The predicted molar refractivity (Wildman–Crippen MR) is 141 cm³/mol. The number of halogens is 2. The van der Waals surface area contributed by atoms with Crippen LogP contribution in [0.25, 0.3) is 27.5 Å². The van der Waals surface area contributed by atoms with E-state index in [4.69, 9.17) is 21.5 Å². The maximum atomic E-state index is 15.3. The van der Waals surface area contributed by atoms with Gasteiger partial charge < -0.3 is 15.4 Å². The lowest BCUT2D eigenvalue weighted by molar-refractivity contribution is -0.115. The van der Waals surface area contributed by atoms with Crippen LogP contribution in [0.1, 0.15) is 24.6 Å². The monoisotopic (exact) mass is 526 g/mol. The number of rotatable bonds is 6. The van der Waals surface area contributed by atoms with Crippen LogP contribution in [-0.4, -0.2) is 44.9 Å². The quantitative estimate of drug-likeness (QED) is 0.267. The molecule has 4 aromatic rings. The number of thiazole rings is 1. The number of pyridine rings is 1. The van der Waals surface area contributed by atoms with E-state index in [2.05, 4.69) is 20.6 Å². The Bertz CT molecular complexity index is 1390. The van der Waals surface area contributed by atoms with Gasteiger partial charge in [0.1, 0.15) is 12.0 Å². The van der Waals surface area contributed by atoms with E-state index in [9.17, 15) is 4.79 Å². The first-order chi connectivity index (χ1) is 17.5. The highest BCUT2D eigenvalue weighted by atomic mass is 35.5. The average molecular weight is 527 g/mol. The van der Waals surface area contributed by atoms with Gasteiger partial charge in [0.2, 0.25) is 5.91 Å². The van der Waals surface area contributed by atoms with E-state index in [-0.39, 0.29) is 18.2 Å². The smallest absolute Gasteiger partial charge is 0.225 e. The molecule has 1 amide bonds. The molecule has 0 fully saturated rings. The van der Waals surface area contributed by atoms with Crippen molar-refractivity contribution in [3.63, 3.8) is 0 Å². The van der Waals surface area contributed by atoms with Crippen LogP contribution in [0.2, 0.25) is 0 Å². The first kappa shape index (κ1) is 25.5. The normalized spacial score (nSPS) is 11.6. The number of aromatic nitrogens is 4. The van der Waals surface area contributed by atoms with Gasteiger partial charge in [-0.25, -0.2) is 14.1 Å². The lowest BCUT2D eigenvalue weighted by Crippen LogP contribution is -2.12. The van der Waals surface area contributed by atoms with Gasteiger partial charge in [-0.3, -0.25) is 9.78 Å². The van der Waals surface area contributed by atoms with Crippen molar-refractivity contribution in [1.82, 2.24) is 19.7 Å². The molecular formula is C25H24ClFN6O2S. The molecule has 5 rings (SSSR count). The number of hydrogen-bond acceptors (Lipinski definition) is 7. The van der Waals surface area contributed by atoms with E-state index in [1.165, 1.54) is 24.3 Å². The number of aryl methyl sites for hydroxylation is 1. The van der Waals surface area contributed by atoms with Gasteiger partial charge >= 0.3 is 0 Å². The molecule has 2 N–H and O–H groups in total. The molecule has 0 spiro atoms. The highest BCUT2D eigenvalue weighted by Gasteiger charge is 2.30. The fourth-order valence-electron chi connectivity index (χ4n) is 3.95. The predicted octanol–water partition coefficient (Wildman–Crippen LogP) is 5.11. The summed E-state index contributed by atoms with van der Waals surface area (Å²) in [6.45, 7) is 1.44. The Morgan fingerprint density at radius 1 is 1.31 bits per heavy atom. The van der Waals surface area contributed by atoms with Gasteiger partial charge in [-0.15, -0.1) is 11.6 Å². The zero-order valence-electron chi connectivity index (χ0n) is 19.7. The molecule has 1 aliphatic carbocycles. The molecule has 36 heavy (non-hydrogen) atoms. The second-order valence-electron chi connectivity index (χ2n) is 7.76. The van der Waals surface area contributed by atoms with E-state index < -0.39 is 5.82 Å². The molecule has 0 unspecified atom stereocenters. The molecule has 1 aliphatic rings. The molecular weight excluding hydrogens is 503 g/mol. The zero-order chi connectivity index (χ0) is 25.7.